The molecule has 0 bridgehead atoms. The maximum atomic E-state index is 5.54. The zero-order chi connectivity index (χ0) is 16.9. The van der Waals surface area contributed by atoms with Crippen LogP contribution < -0.4 is 15.5 Å². The summed E-state index contributed by atoms with van der Waals surface area (Å²) >= 11 is 0. The van der Waals surface area contributed by atoms with Gasteiger partial charge in [0, 0.05) is 53.6 Å². The molecular weight excluding hydrogens is 290 g/mol. The summed E-state index contributed by atoms with van der Waals surface area (Å²) in [7, 11) is 5.76. The molecule has 0 unspecified atom stereocenters. The van der Waals surface area contributed by atoms with Gasteiger partial charge in [-0.2, -0.15) is 0 Å². The van der Waals surface area contributed by atoms with Crippen LogP contribution in [-0.2, 0) is 11.3 Å². The Hall–Kier alpha value is -1.82. The molecule has 0 radical (unpaired) electrons. The van der Waals surface area contributed by atoms with Crippen molar-refractivity contribution in [3.05, 3.63) is 23.9 Å². The SMILES string of the molecule is CCCCOCCCNC(=NC)NCc1ccnc(N(C)C)c1. The number of pyridine rings is 1. The number of nitrogens with one attached hydrogen (secondary N) is 2. The Kier molecular flexibility index (Phi) is 9.79. The largest absolute Gasteiger partial charge is 0.381 e. The first kappa shape index (κ1) is 19.2. The van der Waals surface area contributed by atoms with E-state index in [-0.39, 0.29) is 0 Å². The Labute approximate surface area is 140 Å². The number of anilines is 1. The molecule has 2 N–H and O–H groups in total. The summed E-state index contributed by atoms with van der Waals surface area (Å²) in [6, 6.07) is 4.08. The summed E-state index contributed by atoms with van der Waals surface area (Å²) in [4.78, 5) is 10.5. The van der Waals surface area contributed by atoms with E-state index in [1.54, 1.807) is 7.05 Å². The molecule has 130 valence electrons. The molecule has 0 aromatic carbocycles. The number of guanidine groups is 1. The molecular formula is C17H31N5O. The number of hydrogen-bond acceptors (Lipinski definition) is 4. The molecule has 0 atom stereocenters. The summed E-state index contributed by atoms with van der Waals surface area (Å²) in [5.41, 5.74) is 1.18. The average Bonchev–Trinajstić information content (AvgIpc) is 2.57. The first-order valence-corrected chi connectivity index (χ1v) is 8.32. The van der Waals surface area contributed by atoms with Gasteiger partial charge in [-0.1, -0.05) is 13.3 Å². The fraction of sp³-hybridized carbons (Fsp3) is 0.647. The first-order chi connectivity index (χ1) is 11.2. The summed E-state index contributed by atoms with van der Waals surface area (Å²) in [6.45, 7) is 5.40. The van der Waals surface area contributed by atoms with Crippen LogP contribution in [0.25, 0.3) is 0 Å². The number of ether oxygens (including phenoxy) is 1. The van der Waals surface area contributed by atoms with Crippen molar-refractivity contribution in [2.45, 2.75) is 32.7 Å². The Morgan fingerprint density at radius 1 is 1.26 bits per heavy atom. The van der Waals surface area contributed by atoms with E-state index in [4.69, 9.17) is 4.74 Å². The third-order valence-electron chi connectivity index (χ3n) is 3.35. The van der Waals surface area contributed by atoms with Crippen molar-refractivity contribution in [1.29, 1.82) is 0 Å². The van der Waals surface area contributed by atoms with Crippen LogP contribution in [-0.4, -0.2) is 51.8 Å². The van der Waals surface area contributed by atoms with Crippen molar-refractivity contribution in [3.8, 4) is 0 Å². The molecule has 6 nitrogen and oxygen atoms in total. The quantitative estimate of drug-likeness (QED) is 0.392. The van der Waals surface area contributed by atoms with Crippen molar-refractivity contribution in [2.75, 3.05) is 45.8 Å². The molecule has 0 saturated heterocycles. The Balaban J connectivity index is 2.25. The number of hydrogen-bond donors (Lipinski definition) is 2. The number of unbranched alkanes of at least 4 members (excludes halogenated alkanes) is 1. The lowest BCUT2D eigenvalue weighted by atomic mass is 10.2. The zero-order valence-corrected chi connectivity index (χ0v) is 14.9. The molecule has 0 aliphatic rings. The van der Waals surface area contributed by atoms with Crippen LogP contribution in [0.2, 0.25) is 0 Å². The second kappa shape index (κ2) is 11.7. The van der Waals surface area contributed by atoms with Crippen LogP contribution in [0.5, 0.6) is 0 Å². The topological polar surface area (TPSA) is 61.8 Å². The zero-order valence-electron chi connectivity index (χ0n) is 14.9. The minimum Gasteiger partial charge on any atom is -0.381 e. The van der Waals surface area contributed by atoms with Crippen molar-refractivity contribution in [1.82, 2.24) is 15.6 Å². The second-order valence-electron chi connectivity index (χ2n) is 5.59. The molecule has 0 fully saturated rings. The Morgan fingerprint density at radius 2 is 2.04 bits per heavy atom. The predicted octanol–water partition coefficient (Wildman–Crippen LogP) is 2.02. The second-order valence-corrected chi connectivity index (χ2v) is 5.59. The van der Waals surface area contributed by atoms with E-state index in [1.807, 2.05) is 31.3 Å². The molecule has 1 rings (SSSR count). The van der Waals surface area contributed by atoms with E-state index >= 15 is 0 Å². The standard InChI is InChI=1S/C17H31N5O/c1-5-6-11-23-12-7-9-20-17(18-2)21-14-15-8-10-19-16(13-15)22(3)4/h8,10,13H,5-7,9,11-12,14H2,1-4H3,(H2,18,20,21). The highest BCUT2D eigenvalue weighted by Crippen LogP contribution is 2.08. The summed E-state index contributed by atoms with van der Waals surface area (Å²) in [6.07, 6.45) is 5.12. The highest BCUT2D eigenvalue weighted by molar-refractivity contribution is 5.79. The third-order valence-corrected chi connectivity index (χ3v) is 3.35. The number of aromatic nitrogens is 1. The maximum absolute atomic E-state index is 5.54. The van der Waals surface area contributed by atoms with Crippen molar-refractivity contribution < 1.29 is 4.74 Å². The smallest absolute Gasteiger partial charge is 0.191 e. The molecule has 1 heterocycles. The van der Waals surface area contributed by atoms with Gasteiger partial charge in [-0.3, -0.25) is 4.99 Å². The number of aliphatic imine (C=N–C) groups is 1. The molecule has 1 aromatic rings. The molecule has 0 spiro atoms. The van der Waals surface area contributed by atoms with Gasteiger partial charge in [-0.15, -0.1) is 0 Å². The lowest BCUT2D eigenvalue weighted by molar-refractivity contribution is 0.129. The van der Waals surface area contributed by atoms with Gasteiger partial charge >= 0.3 is 0 Å². The van der Waals surface area contributed by atoms with Crippen LogP contribution in [0, 0.1) is 0 Å². The summed E-state index contributed by atoms with van der Waals surface area (Å²) in [5.74, 6) is 1.76. The number of nitrogens with zero attached hydrogens (tertiary/aromatic N) is 3. The normalized spacial score (nSPS) is 11.4. The van der Waals surface area contributed by atoms with Gasteiger partial charge in [0.1, 0.15) is 5.82 Å². The molecule has 0 aliphatic carbocycles. The maximum Gasteiger partial charge on any atom is 0.191 e. The highest BCUT2D eigenvalue weighted by Gasteiger charge is 2.01. The Bertz CT molecular complexity index is 462. The lowest BCUT2D eigenvalue weighted by Gasteiger charge is -2.14. The minimum atomic E-state index is 0.718. The van der Waals surface area contributed by atoms with Crippen LogP contribution >= 0.6 is 0 Å². The van der Waals surface area contributed by atoms with Crippen molar-refractivity contribution >= 4 is 11.8 Å². The molecule has 0 amide bonds. The minimum absolute atomic E-state index is 0.718. The van der Waals surface area contributed by atoms with Crippen molar-refractivity contribution in [2.24, 2.45) is 4.99 Å². The van der Waals surface area contributed by atoms with Crippen LogP contribution in [0.1, 0.15) is 31.7 Å². The first-order valence-electron chi connectivity index (χ1n) is 8.32. The van der Waals surface area contributed by atoms with Crippen LogP contribution in [0.15, 0.2) is 23.3 Å². The van der Waals surface area contributed by atoms with Gasteiger partial charge in [0.25, 0.3) is 0 Å². The lowest BCUT2D eigenvalue weighted by Crippen LogP contribution is -2.37. The van der Waals surface area contributed by atoms with Gasteiger partial charge in [0.15, 0.2) is 5.96 Å². The molecule has 1 aromatic heterocycles. The van der Waals surface area contributed by atoms with E-state index in [9.17, 15) is 0 Å². The molecule has 0 saturated carbocycles. The van der Waals surface area contributed by atoms with Gasteiger partial charge in [0.2, 0.25) is 0 Å². The van der Waals surface area contributed by atoms with E-state index in [2.05, 4.69) is 33.6 Å². The molecule has 6 heteroatoms. The summed E-state index contributed by atoms with van der Waals surface area (Å²) in [5, 5.41) is 6.62. The van der Waals surface area contributed by atoms with E-state index in [0.29, 0.717) is 0 Å². The van der Waals surface area contributed by atoms with Crippen molar-refractivity contribution in [3.63, 3.8) is 0 Å². The Morgan fingerprint density at radius 3 is 2.74 bits per heavy atom. The van der Waals surface area contributed by atoms with Gasteiger partial charge in [0.05, 0.1) is 0 Å². The fourth-order valence-electron chi connectivity index (χ4n) is 1.95. The van der Waals surface area contributed by atoms with E-state index in [1.165, 1.54) is 12.0 Å². The third kappa shape index (κ3) is 8.40. The highest BCUT2D eigenvalue weighted by atomic mass is 16.5. The monoisotopic (exact) mass is 321 g/mol. The molecule has 0 aliphatic heterocycles. The van der Waals surface area contributed by atoms with Crippen LogP contribution in [0.4, 0.5) is 5.82 Å². The van der Waals surface area contributed by atoms with Gasteiger partial charge in [-0.05, 0) is 30.5 Å². The van der Waals surface area contributed by atoms with E-state index < -0.39 is 0 Å². The predicted molar refractivity (Wildman–Crippen MR) is 97.1 cm³/mol. The van der Waals surface area contributed by atoms with Gasteiger partial charge in [-0.25, -0.2) is 4.98 Å². The fourth-order valence-corrected chi connectivity index (χ4v) is 1.95. The van der Waals surface area contributed by atoms with Gasteiger partial charge < -0.3 is 20.3 Å². The number of rotatable bonds is 10. The average molecular weight is 321 g/mol. The molecule has 23 heavy (non-hydrogen) atoms. The summed E-state index contributed by atoms with van der Waals surface area (Å²) < 4.78 is 5.54. The van der Waals surface area contributed by atoms with E-state index in [0.717, 1.165) is 50.9 Å². The van der Waals surface area contributed by atoms with Crippen LogP contribution in [0.3, 0.4) is 0 Å².